The normalized spacial score (nSPS) is 17.3. The number of H-pyrrole nitrogens is 1. The van der Waals surface area contributed by atoms with E-state index in [1.54, 1.807) is 6.07 Å². The largest absolute Gasteiger partial charge is 0.370 e. The summed E-state index contributed by atoms with van der Waals surface area (Å²) in [6.07, 6.45) is 2.03. The summed E-state index contributed by atoms with van der Waals surface area (Å²) in [6.45, 7) is 0.765. The smallest absolute Gasteiger partial charge is 0.255 e. The maximum Gasteiger partial charge on any atom is 0.255 e. The fraction of sp³-hybridized carbons (Fsp3) is 0.222. The van der Waals surface area contributed by atoms with E-state index in [2.05, 4.69) is 15.3 Å². The average Bonchev–Trinajstić information content (AvgIpc) is 3.24. The molecule has 1 atom stereocenters. The van der Waals surface area contributed by atoms with E-state index in [-0.39, 0.29) is 17.8 Å². The van der Waals surface area contributed by atoms with Gasteiger partial charge in [0.25, 0.3) is 5.91 Å². The first-order valence-electron chi connectivity index (χ1n) is 7.87. The Morgan fingerprint density at radius 1 is 1.25 bits per heavy atom. The van der Waals surface area contributed by atoms with Crippen LogP contribution in [0.15, 0.2) is 42.5 Å². The summed E-state index contributed by atoms with van der Waals surface area (Å²) >= 11 is 0. The van der Waals surface area contributed by atoms with E-state index in [4.69, 9.17) is 4.74 Å². The van der Waals surface area contributed by atoms with Gasteiger partial charge in [0, 0.05) is 17.9 Å². The van der Waals surface area contributed by atoms with Crippen molar-refractivity contribution in [2.75, 3.05) is 11.9 Å². The second-order valence-electron chi connectivity index (χ2n) is 5.82. The molecule has 1 aliphatic rings. The minimum atomic E-state index is -0.368. The molecule has 2 heterocycles. The molecule has 3 aromatic rings. The number of amides is 1. The summed E-state index contributed by atoms with van der Waals surface area (Å²) < 4.78 is 18.6. The number of benzene rings is 2. The number of hydrogen-bond acceptors (Lipinski definition) is 3. The van der Waals surface area contributed by atoms with E-state index in [0.717, 1.165) is 36.3 Å². The lowest BCUT2D eigenvalue weighted by atomic mass is 10.2. The Bertz CT molecular complexity index is 883. The van der Waals surface area contributed by atoms with Crippen molar-refractivity contribution >= 4 is 22.6 Å². The van der Waals surface area contributed by atoms with Crippen LogP contribution >= 0.6 is 0 Å². The highest BCUT2D eigenvalue weighted by atomic mass is 19.1. The van der Waals surface area contributed by atoms with Crippen LogP contribution in [-0.4, -0.2) is 22.5 Å². The lowest BCUT2D eigenvalue weighted by Gasteiger charge is -2.05. The van der Waals surface area contributed by atoms with Gasteiger partial charge < -0.3 is 15.0 Å². The summed E-state index contributed by atoms with van der Waals surface area (Å²) in [6, 6.07) is 10.9. The summed E-state index contributed by atoms with van der Waals surface area (Å²) in [5.41, 5.74) is 2.73. The zero-order valence-electron chi connectivity index (χ0n) is 12.9. The zero-order valence-corrected chi connectivity index (χ0v) is 12.9. The van der Waals surface area contributed by atoms with E-state index < -0.39 is 0 Å². The second-order valence-corrected chi connectivity index (χ2v) is 5.82. The number of carbonyl (C=O) groups excluding carboxylic acids is 1. The highest BCUT2D eigenvalue weighted by molar-refractivity contribution is 6.04. The van der Waals surface area contributed by atoms with Crippen molar-refractivity contribution in [1.82, 2.24) is 9.97 Å². The van der Waals surface area contributed by atoms with Crippen LogP contribution in [0.2, 0.25) is 0 Å². The number of rotatable bonds is 3. The fourth-order valence-electron chi connectivity index (χ4n) is 2.86. The van der Waals surface area contributed by atoms with Crippen molar-refractivity contribution in [2.24, 2.45) is 0 Å². The van der Waals surface area contributed by atoms with Crippen molar-refractivity contribution in [1.29, 1.82) is 0 Å². The monoisotopic (exact) mass is 325 g/mol. The molecule has 1 amide bonds. The first-order valence-corrected chi connectivity index (χ1v) is 7.87. The van der Waals surface area contributed by atoms with Gasteiger partial charge in [-0.3, -0.25) is 4.79 Å². The molecule has 0 bridgehead atoms. The van der Waals surface area contributed by atoms with Gasteiger partial charge in [0.2, 0.25) is 0 Å². The van der Waals surface area contributed by atoms with Gasteiger partial charge in [0.05, 0.1) is 11.0 Å². The number of halogens is 1. The predicted octanol–water partition coefficient (Wildman–Crippen LogP) is 3.81. The summed E-state index contributed by atoms with van der Waals surface area (Å²) in [5.74, 6) is 0.171. The molecule has 0 spiro atoms. The van der Waals surface area contributed by atoms with Crippen LogP contribution in [0.3, 0.4) is 0 Å². The standard InChI is InChI=1S/C18H16FN3O2/c19-12-5-3-11(4-6-12)18(23)20-13-7-8-14-15(10-13)22-17(21-14)16-2-1-9-24-16/h3-8,10,16H,1-2,9H2,(H,20,23)(H,21,22)/t16-/m0/s1. The molecule has 1 aromatic heterocycles. The average molecular weight is 325 g/mol. The molecule has 122 valence electrons. The molecule has 0 saturated carbocycles. The van der Waals surface area contributed by atoms with Crippen LogP contribution < -0.4 is 5.32 Å². The number of aromatic amines is 1. The third kappa shape index (κ3) is 2.88. The van der Waals surface area contributed by atoms with Crippen LogP contribution in [0, 0.1) is 5.82 Å². The molecule has 5 nitrogen and oxygen atoms in total. The number of aromatic nitrogens is 2. The predicted molar refractivity (Wildman–Crippen MR) is 88.4 cm³/mol. The van der Waals surface area contributed by atoms with Crippen LogP contribution in [0.25, 0.3) is 11.0 Å². The number of nitrogens with zero attached hydrogens (tertiary/aromatic N) is 1. The molecule has 0 radical (unpaired) electrons. The van der Waals surface area contributed by atoms with Crippen LogP contribution in [-0.2, 0) is 4.74 Å². The number of ether oxygens (including phenoxy) is 1. The number of carbonyl (C=O) groups is 1. The Morgan fingerprint density at radius 2 is 2.08 bits per heavy atom. The molecular formula is C18H16FN3O2. The number of nitrogens with one attached hydrogen (secondary N) is 2. The lowest BCUT2D eigenvalue weighted by molar-refractivity contribution is 0.102. The lowest BCUT2D eigenvalue weighted by Crippen LogP contribution is -2.11. The fourth-order valence-corrected chi connectivity index (χ4v) is 2.86. The van der Waals surface area contributed by atoms with E-state index in [1.165, 1.54) is 24.3 Å². The van der Waals surface area contributed by atoms with Crippen LogP contribution in [0.5, 0.6) is 0 Å². The molecule has 0 unspecified atom stereocenters. The third-order valence-corrected chi connectivity index (χ3v) is 4.10. The Labute approximate surface area is 137 Å². The molecule has 2 N–H and O–H groups in total. The summed E-state index contributed by atoms with van der Waals surface area (Å²) in [4.78, 5) is 20.0. The summed E-state index contributed by atoms with van der Waals surface area (Å²) in [5, 5.41) is 2.81. The molecule has 6 heteroatoms. The van der Waals surface area contributed by atoms with Gasteiger partial charge in [-0.2, -0.15) is 0 Å². The van der Waals surface area contributed by atoms with Gasteiger partial charge in [-0.05, 0) is 55.3 Å². The molecular weight excluding hydrogens is 309 g/mol. The first kappa shape index (κ1) is 14.8. The van der Waals surface area contributed by atoms with Crippen molar-refractivity contribution in [2.45, 2.75) is 18.9 Å². The van der Waals surface area contributed by atoms with Gasteiger partial charge in [-0.1, -0.05) is 0 Å². The van der Waals surface area contributed by atoms with Gasteiger partial charge >= 0.3 is 0 Å². The Kier molecular flexibility index (Phi) is 3.74. The van der Waals surface area contributed by atoms with Crippen LogP contribution in [0.1, 0.15) is 35.1 Å². The Hall–Kier alpha value is -2.73. The van der Waals surface area contributed by atoms with Crippen molar-refractivity contribution in [3.8, 4) is 0 Å². The zero-order chi connectivity index (χ0) is 16.5. The maximum absolute atomic E-state index is 12.9. The quantitative estimate of drug-likeness (QED) is 0.769. The molecule has 1 saturated heterocycles. The topological polar surface area (TPSA) is 67.0 Å². The van der Waals surface area contributed by atoms with Gasteiger partial charge in [0.1, 0.15) is 17.7 Å². The minimum Gasteiger partial charge on any atom is -0.370 e. The van der Waals surface area contributed by atoms with Gasteiger partial charge in [-0.25, -0.2) is 9.37 Å². The molecule has 0 aliphatic carbocycles. The van der Waals surface area contributed by atoms with Crippen molar-refractivity contribution in [3.05, 3.63) is 59.7 Å². The number of hydrogen-bond donors (Lipinski definition) is 2. The first-order chi connectivity index (χ1) is 11.7. The number of anilines is 1. The highest BCUT2D eigenvalue weighted by Crippen LogP contribution is 2.28. The van der Waals surface area contributed by atoms with E-state index >= 15 is 0 Å². The molecule has 24 heavy (non-hydrogen) atoms. The van der Waals surface area contributed by atoms with Crippen molar-refractivity contribution in [3.63, 3.8) is 0 Å². The van der Waals surface area contributed by atoms with E-state index in [9.17, 15) is 9.18 Å². The summed E-state index contributed by atoms with van der Waals surface area (Å²) in [7, 11) is 0. The molecule has 4 rings (SSSR count). The third-order valence-electron chi connectivity index (χ3n) is 4.10. The number of fused-ring (bicyclic) bond motifs is 1. The second kappa shape index (κ2) is 6.05. The minimum absolute atomic E-state index is 0.0228. The molecule has 2 aromatic carbocycles. The SMILES string of the molecule is O=C(Nc1ccc2nc([C@@H]3CCCO3)[nH]c2c1)c1ccc(F)cc1. The highest BCUT2D eigenvalue weighted by Gasteiger charge is 2.21. The Balaban J connectivity index is 1.55. The molecule has 1 aliphatic heterocycles. The van der Waals surface area contributed by atoms with E-state index in [0.29, 0.717) is 11.3 Å². The van der Waals surface area contributed by atoms with Crippen LogP contribution in [0.4, 0.5) is 10.1 Å². The maximum atomic E-state index is 12.9. The Morgan fingerprint density at radius 3 is 2.83 bits per heavy atom. The number of imidazole rings is 1. The van der Waals surface area contributed by atoms with Gasteiger partial charge in [0.15, 0.2) is 0 Å². The van der Waals surface area contributed by atoms with Crippen molar-refractivity contribution < 1.29 is 13.9 Å². The van der Waals surface area contributed by atoms with E-state index in [1.807, 2.05) is 12.1 Å². The molecule has 1 fully saturated rings. The van der Waals surface area contributed by atoms with Gasteiger partial charge in [-0.15, -0.1) is 0 Å².